The molecule has 2 N–H and O–H groups in total. The van der Waals surface area contributed by atoms with Crippen molar-refractivity contribution in [3.05, 3.63) is 47.5 Å². The molecule has 0 saturated carbocycles. The number of thiocarbonyl (C=S) groups is 1. The third-order valence-corrected chi connectivity index (χ3v) is 5.28. The van der Waals surface area contributed by atoms with Crippen molar-refractivity contribution in [3.63, 3.8) is 0 Å². The van der Waals surface area contributed by atoms with Gasteiger partial charge in [0.2, 0.25) is 12.5 Å². The Hall–Kier alpha value is -2.51. The zero-order chi connectivity index (χ0) is 18.8. The zero-order valence-electron chi connectivity index (χ0n) is 15.5. The molecule has 2 aromatic carbocycles. The van der Waals surface area contributed by atoms with Crippen LogP contribution in [0.1, 0.15) is 17.2 Å². The second-order valence-corrected chi connectivity index (χ2v) is 7.07. The maximum absolute atomic E-state index is 5.73. The van der Waals surface area contributed by atoms with Gasteiger partial charge in [0.05, 0.1) is 13.2 Å². The summed E-state index contributed by atoms with van der Waals surface area (Å²) in [6.45, 7) is 1.86. The van der Waals surface area contributed by atoms with Gasteiger partial charge in [-0.2, -0.15) is 0 Å². The number of para-hydroxylation sites is 1. The van der Waals surface area contributed by atoms with Crippen LogP contribution in [0.3, 0.4) is 0 Å². The highest BCUT2D eigenvalue weighted by Crippen LogP contribution is 2.49. The molecule has 2 aromatic rings. The quantitative estimate of drug-likeness (QED) is 0.785. The number of anilines is 1. The van der Waals surface area contributed by atoms with E-state index < -0.39 is 0 Å². The fraction of sp³-hybridized carbons (Fsp3) is 0.350. The standard InChI is InChI=1S/C20H23N3O3S/c1-23-9-8-13-10-16-18(26-12-25-16)19(24-2)17(13)15(23)11-21-20(27)22-14-6-4-3-5-7-14/h3-7,10,15H,8-9,11-12H2,1-2H3,(H2,21,22,27)/t15-/m1/s1. The Bertz CT molecular complexity index is 844. The predicted octanol–water partition coefficient (Wildman–Crippen LogP) is 2.94. The Kier molecular flexibility index (Phi) is 5.05. The highest BCUT2D eigenvalue weighted by atomic mass is 32.1. The first-order valence-corrected chi connectivity index (χ1v) is 9.37. The van der Waals surface area contributed by atoms with E-state index in [9.17, 15) is 0 Å². The van der Waals surface area contributed by atoms with Crippen LogP contribution in [0.15, 0.2) is 36.4 Å². The number of benzene rings is 2. The number of rotatable bonds is 4. The molecule has 7 heteroatoms. The molecule has 0 spiro atoms. The van der Waals surface area contributed by atoms with Gasteiger partial charge in [-0.15, -0.1) is 0 Å². The zero-order valence-corrected chi connectivity index (χ0v) is 16.3. The number of ether oxygens (including phenoxy) is 3. The van der Waals surface area contributed by atoms with E-state index in [1.807, 2.05) is 30.3 Å². The number of likely N-dealkylation sites (N-methyl/N-ethyl adjacent to an activating group) is 1. The Morgan fingerprint density at radius 2 is 2.11 bits per heavy atom. The lowest BCUT2D eigenvalue weighted by Gasteiger charge is -2.36. The van der Waals surface area contributed by atoms with Crippen molar-refractivity contribution in [1.29, 1.82) is 0 Å². The number of hydrogen-bond donors (Lipinski definition) is 2. The molecular weight excluding hydrogens is 362 g/mol. The molecule has 27 heavy (non-hydrogen) atoms. The topological polar surface area (TPSA) is 55.0 Å². The smallest absolute Gasteiger partial charge is 0.231 e. The molecular formula is C20H23N3O3S. The first-order valence-electron chi connectivity index (χ1n) is 8.97. The van der Waals surface area contributed by atoms with Gasteiger partial charge in [0.25, 0.3) is 0 Å². The van der Waals surface area contributed by atoms with E-state index in [1.54, 1.807) is 7.11 Å². The van der Waals surface area contributed by atoms with Crippen LogP contribution >= 0.6 is 12.2 Å². The van der Waals surface area contributed by atoms with Gasteiger partial charge in [0, 0.05) is 24.3 Å². The molecule has 2 aliphatic rings. The van der Waals surface area contributed by atoms with Gasteiger partial charge >= 0.3 is 0 Å². The average molecular weight is 385 g/mol. The molecule has 0 radical (unpaired) electrons. The predicted molar refractivity (Wildman–Crippen MR) is 109 cm³/mol. The minimum Gasteiger partial charge on any atom is -0.492 e. The van der Waals surface area contributed by atoms with Crippen LogP contribution in [-0.2, 0) is 6.42 Å². The summed E-state index contributed by atoms with van der Waals surface area (Å²) in [7, 11) is 3.80. The Morgan fingerprint density at radius 1 is 1.30 bits per heavy atom. The summed E-state index contributed by atoms with van der Waals surface area (Å²) < 4.78 is 17.0. The number of nitrogens with zero attached hydrogens (tertiary/aromatic N) is 1. The minimum atomic E-state index is 0.119. The van der Waals surface area contributed by atoms with E-state index in [2.05, 4.69) is 28.6 Å². The van der Waals surface area contributed by atoms with E-state index in [4.69, 9.17) is 26.4 Å². The summed E-state index contributed by atoms with van der Waals surface area (Å²) >= 11 is 5.47. The third kappa shape index (κ3) is 3.52. The molecule has 6 nitrogen and oxygen atoms in total. The summed E-state index contributed by atoms with van der Waals surface area (Å²) in [5.41, 5.74) is 3.35. The molecule has 4 rings (SSSR count). The van der Waals surface area contributed by atoms with Crippen LogP contribution < -0.4 is 24.8 Å². The van der Waals surface area contributed by atoms with Gasteiger partial charge in [-0.3, -0.25) is 4.90 Å². The number of nitrogens with one attached hydrogen (secondary N) is 2. The summed E-state index contributed by atoms with van der Waals surface area (Å²) in [5.74, 6) is 2.23. The molecule has 0 bridgehead atoms. The van der Waals surface area contributed by atoms with E-state index in [1.165, 1.54) is 5.56 Å². The highest BCUT2D eigenvalue weighted by Gasteiger charge is 2.33. The van der Waals surface area contributed by atoms with Gasteiger partial charge < -0.3 is 24.8 Å². The largest absolute Gasteiger partial charge is 0.492 e. The molecule has 0 unspecified atom stereocenters. The third-order valence-electron chi connectivity index (χ3n) is 5.03. The molecule has 0 fully saturated rings. The second-order valence-electron chi connectivity index (χ2n) is 6.66. The van der Waals surface area contributed by atoms with Crippen molar-refractivity contribution >= 4 is 23.0 Å². The maximum Gasteiger partial charge on any atom is 0.231 e. The summed E-state index contributed by atoms with van der Waals surface area (Å²) in [6.07, 6.45) is 0.946. The van der Waals surface area contributed by atoms with E-state index >= 15 is 0 Å². The first-order chi connectivity index (χ1) is 13.2. The van der Waals surface area contributed by atoms with E-state index in [0.717, 1.165) is 35.7 Å². The summed E-state index contributed by atoms with van der Waals surface area (Å²) in [4.78, 5) is 2.31. The summed E-state index contributed by atoms with van der Waals surface area (Å²) in [6, 6.07) is 12.1. The van der Waals surface area contributed by atoms with E-state index in [-0.39, 0.29) is 12.8 Å². The van der Waals surface area contributed by atoms with Crippen LogP contribution in [0.4, 0.5) is 5.69 Å². The van der Waals surface area contributed by atoms with Crippen molar-refractivity contribution in [2.75, 3.05) is 39.4 Å². The lowest BCUT2D eigenvalue weighted by atomic mass is 9.91. The Balaban J connectivity index is 1.54. The van der Waals surface area contributed by atoms with Gasteiger partial charge in [-0.05, 0) is 49.4 Å². The van der Waals surface area contributed by atoms with Crippen LogP contribution in [0.25, 0.3) is 0 Å². The van der Waals surface area contributed by atoms with Crippen LogP contribution in [0.2, 0.25) is 0 Å². The molecule has 0 saturated heterocycles. The van der Waals surface area contributed by atoms with Crippen LogP contribution in [0, 0.1) is 0 Å². The van der Waals surface area contributed by atoms with E-state index in [0.29, 0.717) is 17.4 Å². The van der Waals surface area contributed by atoms with Crippen molar-refractivity contribution in [2.24, 2.45) is 0 Å². The normalized spacial score (nSPS) is 17.9. The average Bonchev–Trinajstić information content (AvgIpc) is 3.14. The molecule has 0 amide bonds. The Morgan fingerprint density at radius 3 is 2.89 bits per heavy atom. The maximum atomic E-state index is 5.73. The van der Waals surface area contributed by atoms with Gasteiger partial charge in [0.1, 0.15) is 0 Å². The number of fused-ring (bicyclic) bond motifs is 2. The molecule has 0 aliphatic carbocycles. The molecule has 2 aliphatic heterocycles. The molecule has 2 heterocycles. The van der Waals surface area contributed by atoms with Crippen molar-refractivity contribution < 1.29 is 14.2 Å². The molecule has 0 aromatic heterocycles. The van der Waals surface area contributed by atoms with Gasteiger partial charge in [0.15, 0.2) is 16.6 Å². The lowest BCUT2D eigenvalue weighted by Crippen LogP contribution is -2.41. The van der Waals surface area contributed by atoms with Crippen molar-refractivity contribution in [1.82, 2.24) is 10.2 Å². The fourth-order valence-corrected chi connectivity index (χ4v) is 3.87. The van der Waals surface area contributed by atoms with Crippen LogP contribution in [-0.4, -0.2) is 44.1 Å². The number of methoxy groups -OCH3 is 1. The lowest BCUT2D eigenvalue weighted by molar-refractivity contribution is 0.170. The van der Waals surface area contributed by atoms with Crippen molar-refractivity contribution in [2.45, 2.75) is 12.5 Å². The second kappa shape index (κ2) is 7.62. The fourth-order valence-electron chi connectivity index (χ4n) is 3.67. The van der Waals surface area contributed by atoms with Gasteiger partial charge in [-0.25, -0.2) is 0 Å². The molecule has 1 atom stereocenters. The Labute approximate surface area is 164 Å². The monoisotopic (exact) mass is 385 g/mol. The van der Waals surface area contributed by atoms with Gasteiger partial charge in [-0.1, -0.05) is 18.2 Å². The van der Waals surface area contributed by atoms with Crippen molar-refractivity contribution in [3.8, 4) is 17.2 Å². The SMILES string of the molecule is COc1c2c(cc3c1[C@@H](CNC(=S)Nc1ccccc1)N(C)CC3)OCO2. The van der Waals surface area contributed by atoms with Crippen LogP contribution in [0.5, 0.6) is 17.2 Å². The minimum absolute atomic E-state index is 0.119. The highest BCUT2D eigenvalue weighted by molar-refractivity contribution is 7.80. The number of hydrogen-bond acceptors (Lipinski definition) is 5. The molecule has 142 valence electrons. The summed E-state index contributed by atoms with van der Waals surface area (Å²) in [5, 5.41) is 7.16. The first kappa shape index (κ1) is 17.9.